The van der Waals surface area contributed by atoms with Crippen LogP contribution in [0.3, 0.4) is 0 Å². The van der Waals surface area contributed by atoms with Crippen molar-refractivity contribution in [2.24, 2.45) is 0 Å². The Labute approximate surface area is 107 Å². The standard InChI is InChI=1S/C13H22N2OS/c1-12(2,3)9-7-11(16)15-10(14-9)8-17-13(4,5)6/h7H,8H2,1-6H3,(H,14,15,16). The zero-order valence-electron chi connectivity index (χ0n) is 11.5. The maximum absolute atomic E-state index is 11.6. The molecule has 0 saturated carbocycles. The van der Waals surface area contributed by atoms with E-state index in [0.717, 1.165) is 17.3 Å². The molecule has 0 aromatic carbocycles. The van der Waals surface area contributed by atoms with Gasteiger partial charge in [-0.25, -0.2) is 4.98 Å². The monoisotopic (exact) mass is 254 g/mol. The van der Waals surface area contributed by atoms with E-state index < -0.39 is 0 Å². The van der Waals surface area contributed by atoms with Crippen LogP contribution in [0, 0.1) is 0 Å². The molecule has 0 saturated heterocycles. The van der Waals surface area contributed by atoms with E-state index in [9.17, 15) is 4.79 Å². The van der Waals surface area contributed by atoms with Gasteiger partial charge in [0, 0.05) is 16.2 Å². The van der Waals surface area contributed by atoms with Gasteiger partial charge in [-0.3, -0.25) is 4.79 Å². The quantitative estimate of drug-likeness (QED) is 0.882. The number of thioether (sulfide) groups is 1. The summed E-state index contributed by atoms with van der Waals surface area (Å²) in [5.41, 5.74) is 0.704. The third kappa shape index (κ3) is 4.94. The Balaban J connectivity index is 2.95. The van der Waals surface area contributed by atoms with Crippen molar-refractivity contribution in [3.63, 3.8) is 0 Å². The number of hydrogen-bond donors (Lipinski definition) is 1. The average molecular weight is 254 g/mol. The minimum Gasteiger partial charge on any atom is -0.310 e. The van der Waals surface area contributed by atoms with Crippen LogP contribution in [0.15, 0.2) is 10.9 Å². The van der Waals surface area contributed by atoms with Gasteiger partial charge in [0.2, 0.25) is 0 Å². The summed E-state index contributed by atoms with van der Waals surface area (Å²) in [7, 11) is 0. The molecule has 0 aliphatic heterocycles. The van der Waals surface area contributed by atoms with Gasteiger partial charge < -0.3 is 4.98 Å². The van der Waals surface area contributed by atoms with Gasteiger partial charge in [-0.1, -0.05) is 41.5 Å². The van der Waals surface area contributed by atoms with Gasteiger partial charge in [-0.2, -0.15) is 0 Å². The van der Waals surface area contributed by atoms with E-state index in [-0.39, 0.29) is 15.7 Å². The summed E-state index contributed by atoms with van der Waals surface area (Å²) in [6.07, 6.45) is 0. The van der Waals surface area contributed by atoms with Crippen molar-refractivity contribution in [2.75, 3.05) is 0 Å². The SMILES string of the molecule is CC(C)(C)SCc1nc(C(C)(C)C)cc(=O)[nH]1. The number of aromatic nitrogens is 2. The number of H-pyrrole nitrogens is 1. The van der Waals surface area contributed by atoms with Crippen LogP contribution in [0.2, 0.25) is 0 Å². The fourth-order valence-corrected chi connectivity index (χ4v) is 1.95. The summed E-state index contributed by atoms with van der Waals surface area (Å²) in [6.45, 7) is 12.7. The lowest BCUT2D eigenvalue weighted by atomic mass is 9.92. The molecule has 0 unspecified atom stereocenters. The molecule has 0 atom stereocenters. The van der Waals surface area contributed by atoms with Crippen LogP contribution in [0.25, 0.3) is 0 Å². The Hall–Kier alpha value is -0.770. The normalized spacial score (nSPS) is 12.8. The van der Waals surface area contributed by atoms with Crippen molar-refractivity contribution in [1.82, 2.24) is 9.97 Å². The van der Waals surface area contributed by atoms with E-state index in [1.807, 2.05) is 0 Å². The lowest BCUT2D eigenvalue weighted by Gasteiger charge is -2.20. The number of rotatable bonds is 2. The van der Waals surface area contributed by atoms with E-state index in [4.69, 9.17) is 0 Å². The zero-order chi connectivity index (χ0) is 13.3. The molecule has 0 aliphatic rings. The first-order valence-electron chi connectivity index (χ1n) is 5.83. The minimum absolute atomic E-state index is 0.0607. The summed E-state index contributed by atoms with van der Waals surface area (Å²) in [6, 6.07) is 1.59. The predicted molar refractivity (Wildman–Crippen MR) is 74.6 cm³/mol. The van der Waals surface area contributed by atoms with Crippen molar-refractivity contribution in [1.29, 1.82) is 0 Å². The third-order valence-corrected chi connectivity index (χ3v) is 3.48. The molecule has 0 spiro atoms. The first-order valence-corrected chi connectivity index (χ1v) is 6.81. The first kappa shape index (κ1) is 14.3. The summed E-state index contributed by atoms with van der Waals surface area (Å²) >= 11 is 1.78. The molecular formula is C13H22N2OS. The summed E-state index contributed by atoms with van der Waals surface area (Å²) in [4.78, 5) is 18.9. The summed E-state index contributed by atoms with van der Waals surface area (Å²) < 4.78 is 0.177. The van der Waals surface area contributed by atoms with Gasteiger partial charge in [0.15, 0.2) is 0 Å². The second kappa shape index (κ2) is 4.84. The lowest BCUT2D eigenvalue weighted by Crippen LogP contribution is -2.21. The molecule has 1 N–H and O–H groups in total. The van der Waals surface area contributed by atoms with Gasteiger partial charge >= 0.3 is 0 Å². The Kier molecular flexibility index (Phi) is 4.07. The van der Waals surface area contributed by atoms with Crippen LogP contribution < -0.4 is 5.56 Å². The molecule has 0 aliphatic carbocycles. The third-order valence-electron chi connectivity index (χ3n) is 2.20. The number of hydrogen-bond acceptors (Lipinski definition) is 3. The number of nitrogens with zero attached hydrogens (tertiary/aromatic N) is 1. The van der Waals surface area contributed by atoms with Gasteiger partial charge in [0.25, 0.3) is 5.56 Å². The molecule has 0 radical (unpaired) electrons. The molecule has 1 heterocycles. The highest BCUT2D eigenvalue weighted by atomic mass is 32.2. The van der Waals surface area contributed by atoms with Gasteiger partial charge in [0.1, 0.15) is 5.82 Å². The van der Waals surface area contributed by atoms with Gasteiger partial charge in [-0.15, -0.1) is 11.8 Å². The summed E-state index contributed by atoms with van der Waals surface area (Å²) in [5, 5.41) is 0. The van der Waals surface area contributed by atoms with Crippen molar-refractivity contribution in [3.05, 3.63) is 27.9 Å². The van der Waals surface area contributed by atoms with Crippen LogP contribution in [0.1, 0.15) is 53.1 Å². The minimum atomic E-state index is -0.0879. The van der Waals surface area contributed by atoms with Gasteiger partial charge in [-0.05, 0) is 0 Å². The molecule has 1 aromatic rings. The highest BCUT2D eigenvalue weighted by molar-refractivity contribution is 7.99. The fraction of sp³-hybridized carbons (Fsp3) is 0.692. The maximum Gasteiger partial charge on any atom is 0.251 e. The van der Waals surface area contributed by atoms with Crippen LogP contribution in [-0.4, -0.2) is 14.7 Å². The van der Waals surface area contributed by atoms with Gasteiger partial charge in [0.05, 0.1) is 11.4 Å². The van der Waals surface area contributed by atoms with Crippen LogP contribution in [-0.2, 0) is 11.2 Å². The van der Waals surface area contributed by atoms with Crippen molar-refractivity contribution in [2.45, 2.75) is 57.5 Å². The molecule has 96 valence electrons. The second-order valence-electron chi connectivity index (χ2n) is 6.23. The largest absolute Gasteiger partial charge is 0.310 e. The Morgan fingerprint density at radius 1 is 1.24 bits per heavy atom. The number of aromatic amines is 1. The Morgan fingerprint density at radius 2 is 1.82 bits per heavy atom. The average Bonchev–Trinajstić information content (AvgIpc) is 2.11. The lowest BCUT2D eigenvalue weighted by molar-refractivity contribution is 0.562. The molecule has 0 fully saturated rings. The molecule has 0 bridgehead atoms. The van der Waals surface area contributed by atoms with Crippen LogP contribution in [0.5, 0.6) is 0 Å². The molecule has 4 heteroatoms. The second-order valence-corrected chi connectivity index (χ2v) is 8.03. The molecule has 3 nitrogen and oxygen atoms in total. The van der Waals surface area contributed by atoms with E-state index in [0.29, 0.717) is 0 Å². The highest BCUT2D eigenvalue weighted by Crippen LogP contribution is 2.26. The summed E-state index contributed by atoms with van der Waals surface area (Å²) in [5.74, 6) is 1.50. The highest BCUT2D eigenvalue weighted by Gasteiger charge is 2.18. The fourth-order valence-electron chi connectivity index (χ4n) is 1.25. The molecule has 1 rings (SSSR count). The molecule has 17 heavy (non-hydrogen) atoms. The first-order chi connectivity index (χ1) is 7.58. The smallest absolute Gasteiger partial charge is 0.251 e. The Morgan fingerprint density at radius 3 is 2.29 bits per heavy atom. The van der Waals surface area contributed by atoms with E-state index in [1.165, 1.54) is 0 Å². The van der Waals surface area contributed by atoms with Crippen molar-refractivity contribution in [3.8, 4) is 0 Å². The van der Waals surface area contributed by atoms with Crippen molar-refractivity contribution >= 4 is 11.8 Å². The maximum atomic E-state index is 11.6. The van der Waals surface area contributed by atoms with Crippen molar-refractivity contribution < 1.29 is 0 Å². The Bertz CT molecular complexity index is 438. The van der Waals surface area contributed by atoms with E-state index in [2.05, 4.69) is 51.5 Å². The zero-order valence-corrected chi connectivity index (χ0v) is 12.4. The van der Waals surface area contributed by atoms with E-state index in [1.54, 1.807) is 17.8 Å². The molecular weight excluding hydrogens is 232 g/mol. The molecule has 1 aromatic heterocycles. The van der Waals surface area contributed by atoms with Crippen LogP contribution >= 0.6 is 11.8 Å². The topological polar surface area (TPSA) is 45.8 Å². The molecule has 0 amide bonds. The predicted octanol–water partition coefficient (Wildman–Crippen LogP) is 3.10. The van der Waals surface area contributed by atoms with Crippen LogP contribution in [0.4, 0.5) is 0 Å². The number of nitrogens with one attached hydrogen (secondary N) is 1. The van der Waals surface area contributed by atoms with E-state index >= 15 is 0 Å².